The van der Waals surface area contributed by atoms with E-state index < -0.39 is 5.60 Å². The van der Waals surface area contributed by atoms with Gasteiger partial charge in [0.1, 0.15) is 6.10 Å². The van der Waals surface area contributed by atoms with Crippen LogP contribution in [0.4, 0.5) is 0 Å². The summed E-state index contributed by atoms with van der Waals surface area (Å²) in [5.41, 5.74) is 3.04. The molecule has 2 heterocycles. The van der Waals surface area contributed by atoms with Gasteiger partial charge in [-0.05, 0) is 108 Å². The lowest BCUT2D eigenvalue weighted by Crippen LogP contribution is -2.78. The summed E-state index contributed by atoms with van der Waals surface area (Å²) in [6.45, 7) is 8.02. The molecule has 3 aliphatic carbocycles. The first-order chi connectivity index (χ1) is 20.0. The van der Waals surface area contributed by atoms with E-state index in [1.54, 1.807) is 7.11 Å². The molecule has 0 amide bonds. The molecule has 1 saturated heterocycles. The summed E-state index contributed by atoms with van der Waals surface area (Å²) in [5, 5.41) is 12.9. The Bertz CT molecular complexity index is 1230. The molecule has 2 unspecified atom stereocenters. The average molecular weight is 559 g/mol. The van der Waals surface area contributed by atoms with Crippen LogP contribution in [0.15, 0.2) is 42.5 Å². The summed E-state index contributed by atoms with van der Waals surface area (Å²) >= 11 is 0. The maximum Gasteiger partial charge on any atom is 0.165 e. The molecule has 3 fully saturated rings. The lowest BCUT2D eigenvalue weighted by Gasteiger charge is -2.65. The van der Waals surface area contributed by atoms with Crippen LogP contribution in [0.1, 0.15) is 88.3 Å². The molecule has 2 aromatic carbocycles. The van der Waals surface area contributed by atoms with Gasteiger partial charge in [0.25, 0.3) is 0 Å². The zero-order chi connectivity index (χ0) is 28.2. The smallest absolute Gasteiger partial charge is 0.165 e. The van der Waals surface area contributed by atoms with Crippen molar-refractivity contribution in [1.82, 2.24) is 9.80 Å². The molecule has 1 N–H and O–H groups in total. The van der Waals surface area contributed by atoms with Crippen LogP contribution in [0.2, 0.25) is 0 Å². The number of hydrogen-bond donors (Lipinski definition) is 1. The molecule has 5 heteroatoms. The third-order valence-electron chi connectivity index (χ3n) is 11.5. The lowest BCUT2D eigenvalue weighted by atomic mass is 9.48. The van der Waals surface area contributed by atoms with Crippen LogP contribution in [0.25, 0.3) is 0 Å². The van der Waals surface area contributed by atoms with Gasteiger partial charge in [-0.3, -0.25) is 9.80 Å². The highest BCUT2D eigenvalue weighted by atomic mass is 16.5. The normalized spacial score (nSPS) is 31.8. The highest BCUT2D eigenvalue weighted by Gasteiger charge is 2.73. The Morgan fingerprint density at radius 1 is 1.02 bits per heavy atom. The Morgan fingerprint density at radius 3 is 2.59 bits per heavy atom. The number of unbranched alkanes of at least 4 members (excludes halogenated alkanes) is 3. The van der Waals surface area contributed by atoms with Gasteiger partial charge in [-0.2, -0.15) is 0 Å². The predicted molar refractivity (Wildman–Crippen MR) is 164 cm³/mol. The molecular formula is C36H50N2O3. The van der Waals surface area contributed by atoms with Crippen LogP contribution in [0.5, 0.6) is 11.5 Å². The van der Waals surface area contributed by atoms with Crippen molar-refractivity contribution in [2.75, 3.05) is 26.7 Å². The molecule has 41 heavy (non-hydrogen) atoms. The van der Waals surface area contributed by atoms with Gasteiger partial charge in [0.05, 0.1) is 18.1 Å². The topological polar surface area (TPSA) is 45.2 Å². The Morgan fingerprint density at radius 2 is 1.83 bits per heavy atom. The zero-order valence-corrected chi connectivity index (χ0v) is 25.5. The summed E-state index contributed by atoms with van der Waals surface area (Å²) in [6.07, 6.45) is 12.6. The number of ether oxygens (including phenoxy) is 2. The van der Waals surface area contributed by atoms with Gasteiger partial charge in [-0.15, -0.1) is 0 Å². The molecule has 5 nitrogen and oxygen atoms in total. The van der Waals surface area contributed by atoms with Gasteiger partial charge in [-0.25, -0.2) is 0 Å². The molecule has 222 valence electrons. The molecule has 0 aromatic heterocycles. The van der Waals surface area contributed by atoms with Crippen molar-refractivity contribution < 1.29 is 14.6 Å². The number of nitrogens with zero attached hydrogens (tertiary/aromatic N) is 2. The number of likely N-dealkylation sites (tertiary alicyclic amines) is 1. The largest absolute Gasteiger partial charge is 0.493 e. The summed E-state index contributed by atoms with van der Waals surface area (Å²) in [4.78, 5) is 5.40. The van der Waals surface area contributed by atoms with Crippen LogP contribution in [0.3, 0.4) is 0 Å². The maximum atomic E-state index is 12.9. The minimum atomic E-state index is -0.744. The summed E-state index contributed by atoms with van der Waals surface area (Å²) < 4.78 is 13.0. The van der Waals surface area contributed by atoms with E-state index in [2.05, 4.69) is 66.1 Å². The number of aryl methyl sites for hydroxylation is 1. The van der Waals surface area contributed by atoms with E-state index in [0.717, 1.165) is 62.7 Å². The van der Waals surface area contributed by atoms with E-state index in [4.69, 9.17) is 9.47 Å². The first kappa shape index (κ1) is 27.7. The SMILES string of the molecule is COc1ccc2c3c1OC1C(N(CCCCCCc4ccccc4)C(C)C)CC[C@@]4(O)[C@@H](C2)N(CC2CC2)CC[C@]314. The number of piperidine rings is 1. The average Bonchev–Trinajstić information content (AvgIpc) is 3.72. The highest BCUT2D eigenvalue weighted by Crippen LogP contribution is 2.66. The standard InChI is InChI=1S/C36H50N2O3/c1-25(2)38(21-10-5-4-7-11-26-12-8-6-9-13-26)29-18-19-36(39)31-23-28-16-17-30(40-3)33-32(28)35(36,34(29)41-33)20-22-37(31)24-27-14-15-27/h6,8-9,12-13,16-17,25,27,29,31,34,39H,4-5,7,10-11,14-15,18-24H2,1-3H3/t29?,31-,34?,35+,36-/m1/s1. The minimum Gasteiger partial charge on any atom is -0.493 e. The van der Waals surface area contributed by atoms with Gasteiger partial charge in [-0.1, -0.05) is 49.2 Å². The van der Waals surface area contributed by atoms with Crippen molar-refractivity contribution >= 4 is 0 Å². The first-order valence-electron chi connectivity index (χ1n) is 16.6. The second kappa shape index (κ2) is 10.9. The third-order valence-corrected chi connectivity index (χ3v) is 11.5. The quantitative estimate of drug-likeness (QED) is 0.317. The summed E-state index contributed by atoms with van der Waals surface area (Å²) in [6, 6.07) is 16.2. The number of aliphatic hydroxyl groups is 1. The monoisotopic (exact) mass is 558 g/mol. The van der Waals surface area contributed by atoms with Crippen LogP contribution >= 0.6 is 0 Å². The minimum absolute atomic E-state index is 0.0299. The van der Waals surface area contributed by atoms with Gasteiger partial charge < -0.3 is 14.6 Å². The molecule has 5 atom stereocenters. The predicted octanol–water partition coefficient (Wildman–Crippen LogP) is 6.14. The molecule has 2 saturated carbocycles. The Balaban J connectivity index is 1.12. The van der Waals surface area contributed by atoms with Crippen LogP contribution in [-0.4, -0.2) is 71.5 Å². The van der Waals surface area contributed by atoms with E-state index in [1.165, 1.54) is 61.6 Å². The second-order valence-corrected chi connectivity index (χ2v) is 14.1. The number of rotatable bonds is 12. The van der Waals surface area contributed by atoms with Crippen molar-refractivity contribution in [2.24, 2.45) is 5.92 Å². The molecule has 0 radical (unpaired) electrons. The van der Waals surface area contributed by atoms with Crippen molar-refractivity contribution in [3.63, 3.8) is 0 Å². The van der Waals surface area contributed by atoms with E-state index in [9.17, 15) is 5.11 Å². The summed E-state index contributed by atoms with van der Waals surface area (Å²) in [5.74, 6) is 2.59. The van der Waals surface area contributed by atoms with Crippen molar-refractivity contribution in [1.29, 1.82) is 0 Å². The van der Waals surface area contributed by atoms with Crippen molar-refractivity contribution in [3.8, 4) is 11.5 Å². The van der Waals surface area contributed by atoms with Crippen LogP contribution in [-0.2, 0) is 18.3 Å². The maximum absolute atomic E-state index is 12.9. The van der Waals surface area contributed by atoms with Gasteiger partial charge in [0.15, 0.2) is 11.5 Å². The molecule has 7 rings (SSSR count). The second-order valence-electron chi connectivity index (χ2n) is 14.1. The Hall–Kier alpha value is -2.08. The van der Waals surface area contributed by atoms with Crippen LogP contribution in [0, 0.1) is 5.92 Å². The molecule has 2 bridgehead atoms. The van der Waals surface area contributed by atoms with E-state index >= 15 is 0 Å². The molecule has 1 spiro atoms. The van der Waals surface area contributed by atoms with Crippen LogP contribution < -0.4 is 9.47 Å². The van der Waals surface area contributed by atoms with E-state index in [1.807, 2.05) is 0 Å². The van der Waals surface area contributed by atoms with Crippen molar-refractivity contribution in [3.05, 3.63) is 59.2 Å². The lowest BCUT2D eigenvalue weighted by molar-refractivity contribution is -0.202. The van der Waals surface area contributed by atoms with Crippen molar-refractivity contribution in [2.45, 2.75) is 120 Å². The summed E-state index contributed by atoms with van der Waals surface area (Å²) in [7, 11) is 1.76. The molecule has 5 aliphatic rings. The number of methoxy groups -OCH3 is 1. The fourth-order valence-electron chi connectivity index (χ4n) is 9.37. The fraction of sp³-hybridized carbons (Fsp3) is 0.667. The number of benzene rings is 2. The zero-order valence-electron chi connectivity index (χ0n) is 25.5. The molecular weight excluding hydrogens is 508 g/mol. The first-order valence-corrected chi connectivity index (χ1v) is 16.6. The highest BCUT2D eigenvalue weighted by molar-refractivity contribution is 5.63. The van der Waals surface area contributed by atoms with E-state index in [-0.39, 0.29) is 17.6 Å². The number of hydrogen-bond acceptors (Lipinski definition) is 5. The molecule has 2 aliphatic heterocycles. The van der Waals surface area contributed by atoms with E-state index in [0.29, 0.717) is 12.1 Å². The Kier molecular flexibility index (Phi) is 7.36. The van der Waals surface area contributed by atoms with Gasteiger partial charge in [0.2, 0.25) is 0 Å². The molecule has 2 aromatic rings. The third kappa shape index (κ3) is 4.53. The fourth-order valence-corrected chi connectivity index (χ4v) is 9.37. The Labute approximate surface area is 247 Å². The van der Waals surface area contributed by atoms with Gasteiger partial charge in [0, 0.05) is 30.2 Å². The van der Waals surface area contributed by atoms with Gasteiger partial charge >= 0.3 is 0 Å².